The molecule has 0 fully saturated rings. The van der Waals surface area contributed by atoms with Gasteiger partial charge in [-0.1, -0.05) is 24.2 Å². The minimum Gasteiger partial charge on any atom is -0.411 e. The maximum atomic E-state index is 8.70. The maximum absolute atomic E-state index is 8.70. The molecule has 1 N–H and O–H groups in total. The van der Waals surface area contributed by atoms with Crippen LogP contribution in [0.1, 0.15) is 48.5 Å². The van der Waals surface area contributed by atoms with Crippen LogP contribution in [0.2, 0.25) is 0 Å². The first-order chi connectivity index (χ1) is 9.73. The second-order valence-electron chi connectivity index (χ2n) is 5.75. The topological polar surface area (TPSA) is 78.9 Å². The highest BCUT2D eigenvalue weighted by Crippen LogP contribution is 2.16. The molecule has 0 saturated carbocycles. The predicted molar refractivity (Wildman–Crippen MR) is 89.4 cm³/mol. The molecule has 0 amide bonds. The number of aliphatic imine (C=N–C) groups is 2. The van der Waals surface area contributed by atoms with Gasteiger partial charge in [0.25, 0.3) is 0 Å². The summed E-state index contributed by atoms with van der Waals surface area (Å²) in [6, 6.07) is 0. The van der Waals surface area contributed by atoms with Gasteiger partial charge in [0.05, 0.1) is 22.8 Å². The maximum Gasteiger partial charge on any atom is 0.114 e. The number of nitrogens with zero attached hydrogens (tertiary/aromatic N) is 4. The summed E-state index contributed by atoms with van der Waals surface area (Å²) in [5, 5.41) is 15.8. The van der Waals surface area contributed by atoms with Gasteiger partial charge in [0.2, 0.25) is 0 Å². The van der Waals surface area contributed by atoms with Gasteiger partial charge in [0.15, 0.2) is 0 Å². The zero-order valence-corrected chi connectivity index (χ0v) is 14.3. The van der Waals surface area contributed by atoms with E-state index in [1.54, 1.807) is 6.92 Å². The lowest BCUT2D eigenvalue weighted by molar-refractivity contribution is 0.159. The van der Waals surface area contributed by atoms with Crippen molar-refractivity contribution >= 4 is 22.8 Å². The summed E-state index contributed by atoms with van der Waals surface area (Å²) < 4.78 is 0. The minimum atomic E-state index is -0.0792. The smallest absolute Gasteiger partial charge is 0.114 e. The van der Waals surface area contributed by atoms with Crippen LogP contribution in [0.4, 0.5) is 0 Å². The standard InChI is InChI=1S/C15H28N4O2/c1-8-21-19-14(5)12(3)17-10-15(6,7)9-16-11(2)13(4)18-20/h20H,8-10H2,1-7H3/b16-11+,17-12+,18-13+,19-14+. The Morgan fingerprint density at radius 1 is 0.905 bits per heavy atom. The molecule has 0 aromatic rings. The summed E-state index contributed by atoms with van der Waals surface area (Å²) in [5.74, 6) is 0. The van der Waals surface area contributed by atoms with Crippen LogP contribution in [0.15, 0.2) is 20.3 Å². The predicted octanol–water partition coefficient (Wildman–Crippen LogP) is 3.20. The van der Waals surface area contributed by atoms with Crippen molar-refractivity contribution < 1.29 is 10.0 Å². The van der Waals surface area contributed by atoms with E-state index in [-0.39, 0.29) is 5.41 Å². The quantitative estimate of drug-likeness (QED) is 0.424. The van der Waals surface area contributed by atoms with Gasteiger partial charge in [-0.15, -0.1) is 0 Å². The second kappa shape index (κ2) is 9.26. The molecule has 0 heterocycles. The van der Waals surface area contributed by atoms with Crippen LogP contribution in [0.5, 0.6) is 0 Å². The molecule has 0 unspecified atom stereocenters. The highest BCUT2D eigenvalue weighted by atomic mass is 16.6. The van der Waals surface area contributed by atoms with E-state index < -0.39 is 0 Å². The summed E-state index contributed by atoms with van der Waals surface area (Å²) >= 11 is 0. The third-order valence-corrected chi connectivity index (χ3v) is 3.02. The molecule has 0 atom stereocenters. The first-order valence-electron chi connectivity index (χ1n) is 7.11. The van der Waals surface area contributed by atoms with E-state index >= 15 is 0 Å². The van der Waals surface area contributed by atoms with E-state index in [0.717, 1.165) is 17.1 Å². The fourth-order valence-electron chi connectivity index (χ4n) is 1.24. The van der Waals surface area contributed by atoms with Crippen LogP contribution in [-0.2, 0) is 4.84 Å². The van der Waals surface area contributed by atoms with Crippen molar-refractivity contribution in [2.45, 2.75) is 48.5 Å². The molecule has 0 spiro atoms. The van der Waals surface area contributed by atoms with Gasteiger partial charge in [-0.2, -0.15) is 0 Å². The summed E-state index contributed by atoms with van der Waals surface area (Å²) in [5.41, 5.74) is 2.84. The first-order valence-corrected chi connectivity index (χ1v) is 7.11. The Morgan fingerprint density at radius 3 is 1.81 bits per heavy atom. The number of oxime groups is 2. The van der Waals surface area contributed by atoms with Gasteiger partial charge in [0, 0.05) is 18.5 Å². The van der Waals surface area contributed by atoms with E-state index in [1.165, 1.54) is 0 Å². The van der Waals surface area contributed by atoms with Crippen LogP contribution in [0, 0.1) is 5.41 Å². The van der Waals surface area contributed by atoms with E-state index in [4.69, 9.17) is 10.0 Å². The van der Waals surface area contributed by atoms with Crippen LogP contribution in [-0.4, -0.2) is 47.8 Å². The third-order valence-electron chi connectivity index (χ3n) is 3.02. The highest BCUT2D eigenvalue weighted by Gasteiger charge is 2.17. The first kappa shape index (κ1) is 19.3. The summed E-state index contributed by atoms with van der Waals surface area (Å²) in [4.78, 5) is 14.0. The zero-order valence-electron chi connectivity index (χ0n) is 14.3. The molecule has 120 valence electrons. The monoisotopic (exact) mass is 296 g/mol. The molecule has 0 rings (SSSR count). The lowest BCUT2D eigenvalue weighted by Gasteiger charge is -2.20. The average Bonchev–Trinajstić information content (AvgIpc) is 2.46. The van der Waals surface area contributed by atoms with Gasteiger partial charge < -0.3 is 10.0 Å². The SMILES string of the molecule is CCO/N=C(C)/C(C)=N/CC(C)(C)C/N=C(C)/C(C)=N/O. The largest absolute Gasteiger partial charge is 0.411 e. The fraction of sp³-hybridized carbons (Fsp3) is 0.733. The van der Waals surface area contributed by atoms with E-state index in [1.807, 2.05) is 27.7 Å². The lowest BCUT2D eigenvalue weighted by atomic mass is 9.93. The molecule has 0 aromatic carbocycles. The van der Waals surface area contributed by atoms with Crippen LogP contribution in [0.25, 0.3) is 0 Å². The fourth-order valence-corrected chi connectivity index (χ4v) is 1.24. The van der Waals surface area contributed by atoms with E-state index in [0.29, 0.717) is 25.4 Å². The Bertz CT molecular complexity index is 449. The average molecular weight is 296 g/mol. The van der Waals surface area contributed by atoms with Crippen molar-refractivity contribution in [1.82, 2.24) is 0 Å². The van der Waals surface area contributed by atoms with Crippen molar-refractivity contribution in [3.63, 3.8) is 0 Å². The summed E-state index contributed by atoms with van der Waals surface area (Å²) in [6.07, 6.45) is 0. The van der Waals surface area contributed by atoms with Crippen molar-refractivity contribution in [3.05, 3.63) is 0 Å². The molecule has 0 radical (unpaired) electrons. The molecule has 0 aliphatic rings. The van der Waals surface area contributed by atoms with Gasteiger partial charge in [-0.05, 0) is 34.6 Å². The molecule has 0 aliphatic carbocycles. The van der Waals surface area contributed by atoms with Gasteiger partial charge in [0.1, 0.15) is 6.61 Å². The van der Waals surface area contributed by atoms with E-state index in [2.05, 4.69) is 34.1 Å². The van der Waals surface area contributed by atoms with Crippen molar-refractivity contribution in [2.24, 2.45) is 25.7 Å². The second-order valence-corrected chi connectivity index (χ2v) is 5.75. The molecule has 0 saturated heterocycles. The van der Waals surface area contributed by atoms with Crippen molar-refractivity contribution in [1.29, 1.82) is 0 Å². The zero-order chi connectivity index (χ0) is 16.5. The molecular formula is C15H28N4O2. The molecule has 6 heteroatoms. The Morgan fingerprint density at radius 2 is 1.38 bits per heavy atom. The Labute approximate surface area is 127 Å². The third kappa shape index (κ3) is 8.22. The molecular weight excluding hydrogens is 268 g/mol. The molecule has 0 bridgehead atoms. The van der Waals surface area contributed by atoms with E-state index in [9.17, 15) is 0 Å². The number of rotatable bonds is 8. The number of hydrogen-bond acceptors (Lipinski definition) is 6. The Kier molecular flexibility index (Phi) is 8.50. The van der Waals surface area contributed by atoms with Gasteiger partial charge in [-0.25, -0.2) is 0 Å². The minimum absolute atomic E-state index is 0.0792. The summed E-state index contributed by atoms with van der Waals surface area (Å²) in [7, 11) is 0. The lowest BCUT2D eigenvalue weighted by Crippen LogP contribution is -2.23. The van der Waals surface area contributed by atoms with Crippen LogP contribution >= 0.6 is 0 Å². The van der Waals surface area contributed by atoms with Gasteiger partial charge in [-0.3, -0.25) is 9.98 Å². The van der Waals surface area contributed by atoms with Crippen LogP contribution < -0.4 is 0 Å². The van der Waals surface area contributed by atoms with Crippen molar-refractivity contribution in [3.8, 4) is 0 Å². The van der Waals surface area contributed by atoms with Crippen molar-refractivity contribution in [2.75, 3.05) is 19.7 Å². The Hall–Kier alpha value is -1.72. The normalized spacial score (nSPS) is 15.4. The summed E-state index contributed by atoms with van der Waals surface area (Å²) in [6.45, 7) is 15.3. The number of hydrogen-bond donors (Lipinski definition) is 1. The molecule has 21 heavy (non-hydrogen) atoms. The highest BCUT2D eigenvalue weighted by molar-refractivity contribution is 6.40. The molecule has 6 nitrogen and oxygen atoms in total. The Balaban J connectivity index is 4.68. The molecule has 0 aliphatic heterocycles. The van der Waals surface area contributed by atoms with Gasteiger partial charge >= 0.3 is 0 Å². The molecule has 0 aromatic heterocycles. The van der Waals surface area contributed by atoms with Crippen LogP contribution in [0.3, 0.4) is 0 Å².